The standard InChI is InChI=1S/C8H16O6.C6H14O6.2C3H8O3/c9-1-7(2-10)5-14-8(3-11,4-12)6(7)13;7-1-3(9)5(11)6(12)4(10)2-8;2*4-1-3(6)2-5/h6,9-13H,1-5H2;3-12H,1-2H2;2*3-6H,1-2H2/t;3-,4-,5-,6-;;/m.1../s1. The lowest BCUT2D eigenvalue weighted by Gasteiger charge is -2.33. The van der Waals surface area contributed by atoms with Crippen LogP contribution in [0.5, 0.6) is 0 Å². The summed E-state index contributed by atoms with van der Waals surface area (Å²) < 4.78 is 5.08. The molecule has 5 atom stereocenters. The molecule has 18 heteroatoms. The Morgan fingerprint density at radius 2 is 0.842 bits per heavy atom. The van der Waals surface area contributed by atoms with Crippen molar-refractivity contribution in [1.82, 2.24) is 0 Å². The Labute approximate surface area is 218 Å². The highest BCUT2D eigenvalue weighted by molar-refractivity contribution is 5.05. The third-order valence-corrected chi connectivity index (χ3v) is 5.25. The lowest BCUT2D eigenvalue weighted by molar-refractivity contribution is -0.126. The molecule has 0 bridgehead atoms. The summed E-state index contributed by atoms with van der Waals surface area (Å²) >= 11 is 0. The number of hydrogen-bond donors (Lipinski definition) is 17. The van der Waals surface area contributed by atoms with Crippen LogP contribution in [0.3, 0.4) is 0 Å². The number of ether oxygens (including phenoxy) is 1. The summed E-state index contributed by atoms with van der Waals surface area (Å²) in [5, 5.41) is 146. The van der Waals surface area contributed by atoms with Gasteiger partial charge < -0.3 is 91.5 Å². The van der Waals surface area contributed by atoms with Crippen LogP contribution in [0, 0.1) is 5.41 Å². The lowest BCUT2D eigenvalue weighted by atomic mass is 9.79. The third kappa shape index (κ3) is 14.1. The van der Waals surface area contributed by atoms with Gasteiger partial charge >= 0.3 is 0 Å². The van der Waals surface area contributed by atoms with Gasteiger partial charge in [0.2, 0.25) is 0 Å². The Bertz CT molecular complexity index is 468. The average Bonchev–Trinajstić information content (AvgIpc) is 3.27. The highest BCUT2D eigenvalue weighted by Gasteiger charge is 2.57. The molecule has 17 N–H and O–H groups in total. The Kier molecular flexibility index (Phi) is 25.3. The van der Waals surface area contributed by atoms with Gasteiger partial charge in [-0.3, -0.25) is 0 Å². The molecule has 0 aliphatic carbocycles. The molecule has 38 heavy (non-hydrogen) atoms. The Morgan fingerprint density at radius 3 is 0.974 bits per heavy atom. The van der Waals surface area contributed by atoms with Crippen molar-refractivity contribution in [1.29, 1.82) is 0 Å². The van der Waals surface area contributed by atoms with E-state index in [1.807, 2.05) is 0 Å². The predicted molar refractivity (Wildman–Crippen MR) is 124 cm³/mol. The van der Waals surface area contributed by atoms with E-state index in [4.69, 9.17) is 86.4 Å². The minimum Gasteiger partial charge on any atom is -0.396 e. The van der Waals surface area contributed by atoms with Crippen molar-refractivity contribution in [2.24, 2.45) is 5.41 Å². The molecule has 0 radical (unpaired) electrons. The van der Waals surface area contributed by atoms with Crippen LogP contribution in [0.4, 0.5) is 0 Å². The largest absolute Gasteiger partial charge is 0.396 e. The van der Waals surface area contributed by atoms with E-state index in [-0.39, 0.29) is 33.0 Å². The van der Waals surface area contributed by atoms with Crippen LogP contribution in [0.15, 0.2) is 0 Å². The molecule has 0 spiro atoms. The summed E-state index contributed by atoms with van der Waals surface area (Å²) in [7, 11) is 0. The van der Waals surface area contributed by atoms with Crippen molar-refractivity contribution >= 4 is 0 Å². The molecule has 0 aromatic rings. The average molecular weight is 575 g/mol. The first kappa shape index (κ1) is 41.8. The summed E-state index contributed by atoms with van der Waals surface area (Å²) in [5.41, 5.74) is -2.68. The van der Waals surface area contributed by atoms with Crippen LogP contribution in [0.25, 0.3) is 0 Å². The fraction of sp³-hybridized carbons (Fsp3) is 1.00. The van der Waals surface area contributed by atoms with E-state index in [1.54, 1.807) is 0 Å². The van der Waals surface area contributed by atoms with Crippen molar-refractivity contribution in [3.8, 4) is 0 Å². The van der Waals surface area contributed by atoms with Crippen molar-refractivity contribution < 1.29 is 91.5 Å². The molecule has 0 aromatic carbocycles. The van der Waals surface area contributed by atoms with Crippen LogP contribution in [-0.2, 0) is 4.74 Å². The molecular weight excluding hydrogens is 528 g/mol. The summed E-state index contributed by atoms with van der Waals surface area (Å²) in [6, 6.07) is 0. The van der Waals surface area contributed by atoms with E-state index >= 15 is 0 Å². The molecule has 0 aromatic heterocycles. The Morgan fingerprint density at radius 1 is 0.526 bits per heavy atom. The molecule has 1 aliphatic heterocycles. The summed E-state index contributed by atoms with van der Waals surface area (Å²) in [6.07, 6.45) is -9.59. The van der Waals surface area contributed by atoms with Gasteiger partial charge in [-0.05, 0) is 0 Å². The van der Waals surface area contributed by atoms with Crippen molar-refractivity contribution in [2.75, 3.05) is 72.7 Å². The van der Waals surface area contributed by atoms with Gasteiger partial charge in [0.05, 0.1) is 84.2 Å². The number of aliphatic hydroxyl groups excluding tert-OH is 17. The van der Waals surface area contributed by atoms with Gasteiger partial charge in [0, 0.05) is 0 Å². The quantitative estimate of drug-likeness (QED) is 0.0969. The maximum atomic E-state index is 9.78. The van der Waals surface area contributed by atoms with E-state index in [2.05, 4.69) is 0 Å². The van der Waals surface area contributed by atoms with Gasteiger partial charge in [-0.1, -0.05) is 0 Å². The molecule has 18 nitrogen and oxygen atoms in total. The molecule has 1 aliphatic rings. The van der Waals surface area contributed by atoms with Gasteiger partial charge in [-0.2, -0.15) is 0 Å². The minimum absolute atomic E-state index is 0.0950. The second kappa shape index (κ2) is 23.0. The van der Waals surface area contributed by atoms with Crippen LogP contribution in [-0.4, -0.2) is 208 Å². The maximum Gasteiger partial charge on any atom is 0.140 e. The SMILES string of the molecule is OCC(O)CO.OCC(O)CO.OCC1(CO)COC(CO)(CO)C1O.OC[C@@H](O)[C@@H](O)[C@H](O)[C@H](O)CO. The fourth-order valence-electron chi connectivity index (χ4n) is 2.42. The molecule has 1 unspecified atom stereocenters. The van der Waals surface area contributed by atoms with Crippen LogP contribution >= 0.6 is 0 Å². The topological polar surface area (TPSA) is 353 Å². The third-order valence-electron chi connectivity index (χ3n) is 5.25. The van der Waals surface area contributed by atoms with E-state index in [1.165, 1.54) is 0 Å². The summed E-state index contributed by atoms with van der Waals surface area (Å²) in [5.74, 6) is 0. The monoisotopic (exact) mass is 574 g/mol. The fourth-order valence-corrected chi connectivity index (χ4v) is 2.42. The second-order valence-electron chi connectivity index (χ2n) is 8.27. The zero-order chi connectivity index (χ0) is 30.5. The van der Waals surface area contributed by atoms with Gasteiger partial charge in [0.15, 0.2) is 0 Å². The van der Waals surface area contributed by atoms with Crippen LogP contribution in [0.2, 0.25) is 0 Å². The van der Waals surface area contributed by atoms with Crippen LogP contribution < -0.4 is 0 Å². The first-order valence-corrected chi connectivity index (χ1v) is 11.3. The molecule has 1 fully saturated rings. The smallest absolute Gasteiger partial charge is 0.140 e. The summed E-state index contributed by atoms with van der Waals surface area (Å²) in [6.45, 7) is -5.06. The van der Waals surface area contributed by atoms with E-state index in [0.717, 1.165) is 0 Å². The van der Waals surface area contributed by atoms with Gasteiger partial charge in [0.25, 0.3) is 0 Å². The molecule has 1 heterocycles. The Hall–Kier alpha value is -0.720. The normalized spacial score (nSPS) is 20.8. The maximum absolute atomic E-state index is 9.78. The molecule has 0 saturated carbocycles. The van der Waals surface area contributed by atoms with Gasteiger partial charge in [-0.25, -0.2) is 0 Å². The lowest BCUT2D eigenvalue weighted by Crippen LogP contribution is -2.53. The number of rotatable bonds is 13. The van der Waals surface area contributed by atoms with Crippen molar-refractivity contribution in [3.05, 3.63) is 0 Å². The molecule has 1 saturated heterocycles. The van der Waals surface area contributed by atoms with E-state index < -0.39 is 93.4 Å². The predicted octanol–water partition coefficient (Wildman–Crippen LogP) is -9.85. The van der Waals surface area contributed by atoms with Gasteiger partial charge in [0.1, 0.15) is 42.2 Å². The minimum atomic E-state index is -1.67. The molecular formula is C20H46O18. The number of aliphatic hydroxyl groups is 17. The van der Waals surface area contributed by atoms with Crippen molar-refractivity contribution in [3.63, 3.8) is 0 Å². The summed E-state index contributed by atoms with van der Waals surface area (Å²) in [4.78, 5) is 0. The first-order valence-electron chi connectivity index (χ1n) is 11.3. The van der Waals surface area contributed by atoms with E-state index in [0.29, 0.717) is 0 Å². The Balaban J connectivity index is -0.000000462. The van der Waals surface area contributed by atoms with Crippen molar-refractivity contribution in [2.45, 2.75) is 48.3 Å². The molecule has 234 valence electrons. The van der Waals surface area contributed by atoms with Gasteiger partial charge in [-0.15, -0.1) is 0 Å². The highest BCUT2D eigenvalue weighted by atomic mass is 16.6. The number of hydrogen-bond acceptors (Lipinski definition) is 18. The zero-order valence-corrected chi connectivity index (χ0v) is 20.8. The van der Waals surface area contributed by atoms with Crippen LogP contribution in [0.1, 0.15) is 0 Å². The zero-order valence-electron chi connectivity index (χ0n) is 20.8. The molecule has 0 amide bonds. The molecule has 1 rings (SSSR count). The highest BCUT2D eigenvalue weighted by Crippen LogP contribution is 2.38. The van der Waals surface area contributed by atoms with E-state index in [9.17, 15) is 5.11 Å². The first-order chi connectivity index (χ1) is 17.8. The second-order valence-corrected chi connectivity index (χ2v) is 8.27.